The smallest absolute Gasteiger partial charge is 0.305 e. The van der Waals surface area contributed by atoms with Gasteiger partial charge in [0.2, 0.25) is 5.91 Å². The molecule has 1 fully saturated rings. The van der Waals surface area contributed by atoms with Gasteiger partial charge in [0, 0.05) is 24.0 Å². The highest BCUT2D eigenvalue weighted by molar-refractivity contribution is 8.77. The lowest BCUT2D eigenvalue weighted by Gasteiger charge is -2.09. The fourth-order valence-corrected chi connectivity index (χ4v) is 5.52. The fraction of sp³-hybridized carbons (Fsp3) is 0.895. The van der Waals surface area contributed by atoms with Gasteiger partial charge in [0.05, 0.1) is 59.3 Å². The summed E-state index contributed by atoms with van der Waals surface area (Å²) in [7, 11) is 3.96. The van der Waals surface area contributed by atoms with E-state index in [0.717, 1.165) is 18.1 Å². The highest BCUT2D eigenvalue weighted by Gasteiger charge is 2.15. The molecule has 1 aliphatic rings. The van der Waals surface area contributed by atoms with Crippen LogP contribution in [-0.2, 0) is 28.5 Å². The summed E-state index contributed by atoms with van der Waals surface area (Å²) in [6.07, 6.45) is 5.21. The third-order valence-corrected chi connectivity index (χ3v) is 7.06. The van der Waals surface area contributed by atoms with Crippen LogP contribution in [0.1, 0.15) is 38.5 Å². The monoisotopic (exact) mass is 453 g/mol. The molecule has 10 heteroatoms. The van der Waals surface area contributed by atoms with Gasteiger partial charge in [-0.1, -0.05) is 28.0 Å². The average molecular weight is 454 g/mol. The van der Waals surface area contributed by atoms with Gasteiger partial charge in [-0.3, -0.25) is 9.59 Å². The van der Waals surface area contributed by atoms with E-state index in [1.165, 1.54) is 18.6 Å². The van der Waals surface area contributed by atoms with E-state index in [9.17, 15) is 9.59 Å². The minimum absolute atomic E-state index is 0.00580. The summed E-state index contributed by atoms with van der Waals surface area (Å²) in [6.45, 7) is 3.87. The Balaban J connectivity index is 1.71. The number of ether oxygens (including phenoxy) is 4. The number of aliphatic carboxylic acids is 1. The summed E-state index contributed by atoms with van der Waals surface area (Å²) in [5.41, 5.74) is 0. The molecule has 170 valence electrons. The summed E-state index contributed by atoms with van der Waals surface area (Å²) >= 11 is 0. The van der Waals surface area contributed by atoms with E-state index in [2.05, 4.69) is 5.32 Å². The predicted molar refractivity (Wildman–Crippen MR) is 115 cm³/mol. The summed E-state index contributed by atoms with van der Waals surface area (Å²) in [6, 6.07) is 0. The number of carbonyl (C=O) groups is 2. The van der Waals surface area contributed by atoms with Crippen LogP contribution in [0.2, 0.25) is 0 Å². The number of hydrogen-bond acceptors (Lipinski definition) is 8. The second-order valence-electron chi connectivity index (χ2n) is 6.52. The lowest BCUT2D eigenvalue weighted by Crippen LogP contribution is -2.27. The standard InChI is InChI=1S/C19H35NO7S2/c21-18(4-2-1-3-17-6-16-28-29-17)20-7-9-25-11-13-27-15-14-26-12-10-24-8-5-19(22)23/h17H,1-16H2,(H,20,21)(H,22,23)/t17-/m0/s1. The van der Waals surface area contributed by atoms with Gasteiger partial charge in [0.25, 0.3) is 0 Å². The van der Waals surface area contributed by atoms with Crippen molar-refractivity contribution in [2.45, 2.75) is 43.8 Å². The molecular weight excluding hydrogens is 418 g/mol. The van der Waals surface area contributed by atoms with Crippen LogP contribution >= 0.6 is 21.6 Å². The topological polar surface area (TPSA) is 103 Å². The Hall–Kier alpha value is -0.520. The highest BCUT2D eigenvalue weighted by Crippen LogP contribution is 2.39. The van der Waals surface area contributed by atoms with E-state index in [1.54, 1.807) is 0 Å². The Bertz CT molecular complexity index is 423. The van der Waals surface area contributed by atoms with E-state index in [1.807, 2.05) is 21.6 Å². The van der Waals surface area contributed by atoms with E-state index in [0.29, 0.717) is 59.2 Å². The van der Waals surface area contributed by atoms with E-state index < -0.39 is 5.97 Å². The molecule has 1 heterocycles. The van der Waals surface area contributed by atoms with Crippen molar-refractivity contribution in [2.24, 2.45) is 0 Å². The first-order chi connectivity index (χ1) is 14.2. The Morgan fingerprint density at radius 1 is 0.862 bits per heavy atom. The SMILES string of the molecule is O=C(O)CCOCCOCCOCCOCCNC(=O)CCCC[C@H]1CCSS1. The van der Waals surface area contributed by atoms with Crippen molar-refractivity contribution in [1.29, 1.82) is 0 Å². The number of rotatable bonds is 20. The highest BCUT2D eigenvalue weighted by atomic mass is 33.1. The molecule has 0 aromatic rings. The third kappa shape index (κ3) is 18.0. The quantitative estimate of drug-likeness (QED) is 0.212. The maximum Gasteiger partial charge on any atom is 0.305 e. The molecule has 0 aromatic heterocycles. The fourth-order valence-electron chi connectivity index (χ4n) is 2.49. The zero-order chi connectivity index (χ0) is 21.0. The van der Waals surface area contributed by atoms with Crippen LogP contribution in [0, 0.1) is 0 Å². The summed E-state index contributed by atoms with van der Waals surface area (Å²) in [5, 5.41) is 12.1. The van der Waals surface area contributed by atoms with Crippen molar-refractivity contribution in [1.82, 2.24) is 5.32 Å². The van der Waals surface area contributed by atoms with Gasteiger partial charge in [-0.15, -0.1) is 0 Å². The maximum atomic E-state index is 11.7. The van der Waals surface area contributed by atoms with Gasteiger partial charge < -0.3 is 29.4 Å². The van der Waals surface area contributed by atoms with E-state index in [-0.39, 0.29) is 18.9 Å². The number of unbranched alkanes of at least 4 members (excludes halogenated alkanes) is 1. The molecule has 1 rings (SSSR count). The molecule has 0 aliphatic carbocycles. The van der Waals surface area contributed by atoms with Crippen molar-refractivity contribution >= 4 is 33.5 Å². The van der Waals surface area contributed by atoms with Crippen molar-refractivity contribution in [3.63, 3.8) is 0 Å². The molecule has 0 unspecified atom stereocenters. The Morgan fingerprint density at radius 3 is 2.07 bits per heavy atom. The van der Waals surface area contributed by atoms with Gasteiger partial charge in [-0.05, 0) is 19.3 Å². The van der Waals surface area contributed by atoms with Crippen LogP contribution in [0.5, 0.6) is 0 Å². The van der Waals surface area contributed by atoms with Crippen molar-refractivity contribution in [3.05, 3.63) is 0 Å². The molecule has 1 aliphatic heterocycles. The Morgan fingerprint density at radius 2 is 1.48 bits per heavy atom. The van der Waals surface area contributed by atoms with Gasteiger partial charge >= 0.3 is 5.97 Å². The first-order valence-electron chi connectivity index (χ1n) is 10.3. The molecule has 0 aromatic carbocycles. The molecule has 0 saturated carbocycles. The van der Waals surface area contributed by atoms with Crippen LogP contribution in [0.3, 0.4) is 0 Å². The van der Waals surface area contributed by atoms with Gasteiger partial charge in [0.1, 0.15) is 0 Å². The maximum absolute atomic E-state index is 11.7. The van der Waals surface area contributed by atoms with Crippen molar-refractivity contribution < 1.29 is 33.6 Å². The Kier molecular flexibility index (Phi) is 17.8. The van der Waals surface area contributed by atoms with Crippen molar-refractivity contribution in [2.75, 3.05) is 65.2 Å². The molecule has 29 heavy (non-hydrogen) atoms. The summed E-state index contributed by atoms with van der Waals surface area (Å²) in [4.78, 5) is 22.0. The van der Waals surface area contributed by atoms with Gasteiger partial charge in [-0.2, -0.15) is 0 Å². The zero-order valence-corrected chi connectivity index (χ0v) is 18.7. The number of amides is 1. The number of carboxylic acid groups (broad SMARTS) is 1. The van der Waals surface area contributed by atoms with Crippen LogP contribution in [0.25, 0.3) is 0 Å². The molecule has 0 bridgehead atoms. The molecule has 1 atom stereocenters. The molecule has 1 saturated heterocycles. The lowest BCUT2D eigenvalue weighted by atomic mass is 10.1. The second-order valence-corrected chi connectivity index (χ2v) is 9.31. The lowest BCUT2D eigenvalue weighted by molar-refractivity contribution is -0.138. The number of carbonyl (C=O) groups excluding carboxylic acids is 1. The van der Waals surface area contributed by atoms with Crippen LogP contribution in [0.4, 0.5) is 0 Å². The minimum Gasteiger partial charge on any atom is -0.481 e. The average Bonchev–Trinajstić information content (AvgIpc) is 3.21. The van der Waals surface area contributed by atoms with Crippen LogP contribution < -0.4 is 5.32 Å². The van der Waals surface area contributed by atoms with Gasteiger partial charge in [-0.25, -0.2) is 0 Å². The van der Waals surface area contributed by atoms with E-state index >= 15 is 0 Å². The summed E-state index contributed by atoms with van der Waals surface area (Å²) in [5.74, 6) is 0.497. The first-order valence-corrected chi connectivity index (χ1v) is 12.6. The molecule has 8 nitrogen and oxygen atoms in total. The third-order valence-electron chi connectivity index (χ3n) is 4.05. The molecule has 2 N–H and O–H groups in total. The normalized spacial score (nSPS) is 16.2. The molecular formula is C19H35NO7S2. The van der Waals surface area contributed by atoms with Crippen LogP contribution in [-0.4, -0.2) is 87.4 Å². The number of hydrogen-bond donors (Lipinski definition) is 2. The predicted octanol–water partition coefficient (Wildman–Crippen LogP) is 2.36. The largest absolute Gasteiger partial charge is 0.481 e. The summed E-state index contributed by atoms with van der Waals surface area (Å²) < 4.78 is 21.2. The van der Waals surface area contributed by atoms with Gasteiger partial charge in [0.15, 0.2) is 0 Å². The number of nitrogens with one attached hydrogen (secondary N) is 1. The van der Waals surface area contributed by atoms with Crippen molar-refractivity contribution in [3.8, 4) is 0 Å². The zero-order valence-electron chi connectivity index (χ0n) is 17.1. The molecule has 1 amide bonds. The minimum atomic E-state index is -0.868. The second kappa shape index (κ2) is 19.4. The first kappa shape index (κ1) is 26.5. The Labute approximate surface area is 181 Å². The number of carboxylic acids is 1. The van der Waals surface area contributed by atoms with Crippen LogP contribution in [0.15, 0.2) is 0 Å². The molecule has 0 radical (unpaired) electrons. The molecule has 0 spiro atoms. The van der Waals surface area contributed by atoms with E-state index in [4.69, 9.17) is 24.1 Å².